The van der Waals surface area contributed by atoms with Gasteiger partial charge in [0.2, 0.25) is 0 Å². The summed E-state index contributed by atoms with van der Waals surface area (Å²) in [6.07, 6.45) is 2.98. The summed E-state index contributed by atoms with van der Waals surface area (Å²) in [6, 6.07) is 7.30. The van der Waals surface area contributed by atoms with E-state index in [4.69, 9.17) is 4.74 Å². The van der Waals surface area contributed by atoms with Crippen LogP contribution in [0.15, 0.2) is 51.0 Å². The van der Waals surface area contributed by atoms with Gasteiger partial charge in [0.1, 0.15) is 16.3 Å². The summed E-state index contributed by atoms with van der Waals surface area (Å²) >= 11 is 1.15. The molecule has 4 rings (SSSR count). The van der Waals surface area contributed by atoms with Gasteiger partial charge in [0.05, 0.1) is 13.4 Å². The highest BCUT2D eigenvalue weighted by molar-refractivity contribution is 8.15. The molecule has 0 fully saturated rings. The number of anilines is 1. The number of fused-ring (bicyclic) bond motifs is 3. The third-order valence-electron chi connectivity index (χ3n) is 3.45. The van der Waals surface area contributed by atoms with Crippen LogP contribution in [0.3, 0.4) is 0 Å². The summed E-state index contributed by atoms with van der Waals surface area (Å²) in [4.78, 5) is 36.9. The average Bonchev–Trinajstić information content (AvgIpc) is 3.07. The number of benzene rings is 1. The molecule has 0 radical (unpaired) electrons. The van der Waals surface area contributed by atoms with Crippen LogP contribution in [-0.4, -0.2) is 28.2 Å². The summed E-state index contributed by atoms with van der Waals surface area (Å²) < 4.78 is 5.10. The molecule has 0 spiro atoms. The third kappa shape index (κ3) is 2.15. The van der Waals surface area contributed by atoms with E-state index in [1.165, 1.54) is 11.2 Å². The lowest BCUT2D eigenvalue weighted by Crippen LogP contribution is -2.28. The zero-order chi connectivity index (χ0) is 16.0. The number of H-pyrrole nitrogens is 1. The monoisotopic (exact) mass is 326 g/mol. The molecule has 2 aliphatic heterocycles. The Morgan fingerprint density at radius 1 is 1.26 bits per heavy atom. The Labute approximate surface area is 134 Å². The van der Waals surface area contributed by atoms with Crippen LogP contribution in [0.25, 0.3) is 6.08 Å². The molecular formula is C15H10N4O3S. The smallest absolute Gasteiger partial charge is 0.284 e. The van der Waals surface area contributed by atoms with Crippen molar-refractivity contribution in [2.75, 3.05) is 12.0 Å². The molecule has 3 heterocycles. The fourth-order valence-electron chi connectivity index (χ4n) is 2.33. The number of aliphatic imine (C=N–C) groups is 1. The number of amides is 1. The van der Waals surface area contributed by atoms with Crippen LogP contribution in [0.4, 0.5) is 5.82 Å². The number of aromatic nitrogens is 2. The molecule has 1 aromatic carbocycles. The van der Waals surface area contributed by atoms with Crippen LogP contribution in [0.1, 0.15) is 5.56 Å². The van der Waals surface area contributed by atoms with Crippen LogP contribution < -0.4 is 15.2 Å². The number of nitrogens with one attached hydrogen (secondary N) is 1. The van der Waals surface area contributed by atoms with E-state index in [1.807, 2.05) is 24.3 Å². The molecular weight excluding hydrogens is 316 g/mol. The Bertz CT molecular complexity index is 930. The Kier molecular flexibility index (Phi) is 3.05. The largest absolute Gasteiger partial charge is 0.497 e. The molecule has 0 saturated carbocycles. The van der Waals surface area contributed by atoms with Gasteiger partial charge in [0, 0.05) is 0 Å². The van der Waals surface area contributed by atoms with Gasteiger partial charge in [-0.3, -0.25) is 9.59 Å². The van der Waals surface area contributed by atoms with Crippen molar-refractivity contribution >= 4 is 34.7 Å². The Morgan fingerprint density at radius 2 is 2.04 bits per heavy atom. The number of aromatic amines is 1. The first-order chi connectivity index (χ1) is 11.2. The maximum atomic E-state index is 12.5. The predicted molar refractivity (Wildman–Crippen MR) is 86.6 cm³/mol. The third-order valence-corrected chi connectivity index (χ3v) is 4.47. The predicted octanol–water partition coefficient (Wildman–Crippen LogP) is 1.63. The van der Waals surface area contributed by atoms with Gasteiger partial charge in [-0.1, -0.05) is 12.1 Å². The van der Waals surface area contributed by atoms with Gasteiger partial charge in [0.25, 0.3) is 11.5 Å². The van der Waals surface area contributed by atoms with Crippen molar-refractivity contribution in [1.82, 2.24) is 9.97 Å². The molecule has 2 aromatic rings. The van der Waals surface area contributed by atoms with Crippen LogP contribution in [0, 0.1) is 0 Å². The van der Waals surface area contributed by atoms with Gasteiger partial charge in [-0.25, -0.2) is 14.9 Å². The molecule has 7 nitrogen and oxygen atoms in total. The van der Waals surface area contributed by atoms with Gasteiger partial charge in [-0.05, 0) is 35.5 Å². The number of hydrogen-bond acceptors (Lipinski definition) is 6. The molecule has 0 unspecified atom stereocenters. The molecule has 114 valence electrons. The van der Waals surface area contributed by atoms with E-state index in [0.717, 1.165) is 23.1 Å². The number of rotatable bonds is 2. The Morgan fingerprint density at radius 3 is 2.78 bits per heavy atom. The lowest BCUT2D eigenvalue weighted by molar-refractivity contribution is -0.113. The zero-order valence-corrected chi connectivity index (χ0v) is 12.8. The number of ether oxygens (including phenoxy) is 1. The summed E-state index contributed by atoms with van der Waals surface area (Å²) in [5.41, 5.74) is 0.875. The maximum Gasteiger partial charge on any atom is 0.284 e. The molecule has 0 bridgehead atoms. The summed E-state index contributed by atoms with van der Waals surface area (Å²) in [6.45, 7) is 0. The number of nitrogens with zero attached hydrogens (tertiary/aromatic N) is 3. The van der Waals surface area contributed by atoms with E-state index < -0.39 is 0 Å². The number of thioether (sulfide) groups is 1. The van der Waals surface area contributed by atoms with E-state index in [1.54, 1.807) is 13.2 Å². The van der Waals surface area contributed by atoms with Crippen molar-refractivity contribution in [1.29, 1.82) is 0 Å². The molecule has 1 N–H and O–H groups in total. The topological polar surface area (TPSA) is 87.7 Å². The fraction of sp³-hybridized carbons (Fsp3) is 0.0667. The zero-order valence-electron chi connectivity index (χ0n) is 11.9. The molecule has 1 amide bonds. The second-order valence-corrected chi connectivity index (χ2v) is 5.80. The minimum Gasteiger partial charge on any atom is -0.497 e. The van der Waals surface area contributed by atoms with Crippen molar-refractivity contribution < 1.29 is 9.53 Å². The van der Waals surface area contributed by atoms with E-state index in [2.05, 4.69) is 15.0 Å². The van der Waals surface area contributed by atoms with Crippen molar-refractivity contribution in [3.8, 4) is 5.75 Å². The summed E-state index contributed by atoms with van der Waals surface area (Å²) in [5.74, 6) is 0.783. The number of amidine groups is 1. The van der Waals surface area contributed by atoms with E-state index >= 15 is 0 Å². The van der Waals surface area contributed by atoms with Crippen LogP contribution in [0.5, 0.6) is 5.75 Å². The number of methoxy groups -OCH3 is 1. The van der Waals surface area contributed by atoms with Gasteiger partial charge in [-0.2, -0.15) is 0 Å². The van der Waals surface area contributed by atoms with E-state index in [-0.39, 0.29) is 11.5 Å². The van der Waals surface area contributed by atoms with Crippen molar-refractivity contribution in [3.05, 3.63) is 52.2 Å². The van der Waals surface area contributed by atoms with Crippen LogP contribution >= 0.6 is 11.8 Å². The molecule has 1 aromatic heterocycles. The fourth-order valence-corrected chi connectivity index (χ4v) is 3.30. The normalized spacial score (nSPS) is 17.3. The number of hydrogen-bond donors (Lipinski definition) is 1. The first kappa shape index (κ1) is 13.8. The van der Waals surface area contributed by atoms with Crippen LogP contribution in [0.2, 0.25) is 0 Å². The van der Waals surface area contributed by atoms with Gasteiger partial charge in [0.15, 0.2) is 11.0 Å². The van der Waals surface area contributed by atoms with E-state index in [0.29, 0.717) is 21.6 Å². The van der Waals surface area contributed by atoms with Gasteiger partial charge >= 0.3 is 0 Å². The average molecular weight is 326 g/mol. The molecule has 0 saturated heterocycles. The van der Waals surface area contributed by atoms with E-state index in [9.17, 15) is 9.59 Å². The summed E-state index contributed by atoms with van der Waals surface area (Å²) in [7, 11) is 1.60. The molecule has 0 atom stereocenters. The maximum absolute atomic E-state index is 12.5. The lowest BCUT2D eigenvalue weighted by Gasteiger charge is -2.08. The Hall–Kier alpha value is -2.87. The first-order valence-electron chi connectivity index (χ1n) is 6.72. The first-order valence-corrected chi connectivity index (χ1v) is 7.53. The summed E-state index contributed by atoms with van der Waals surface area (Å²) in [5, 5.41) is 0.453. The second kappa shape index (κ2) is 5.10. The molecule has 0 aliphatic carbocycles. The van der Waals surface area contributed by atoms with Gasteiger partial charge in [-0.15, -0.1) is 0 Å². The minimum atomic E-state index is -0.292. The second-order valence-electron chi connectivity index (χ2n) is 4.82. The van der Waals surface area contributed by atoms with Crippen molar-refractivity contribution in [3.63, 3.8) is 0 Å². The van der Waals surface area contributed by atoms with Crippen LogP contribution in [-0.2, 0) is 4.79 Å². The van der Waals surface area contributed by atoms with Gasteiger partial charge < -0.3 is 9.72 Å². The highest BCUT2D eigenvalue weighted by Gasteiger charge is 2.41. The number of carbonyl (C=O) groups excluding carboxylic acids is 1. The Balaban J connectivity index is 1.70. The molecule has 8 heteroatoms. The highest BCUT2D eigenvalue weighted by atomic mass is 32.2. The minimum absolute atomic E-state index is 0.273. The lowest BCUT2D eigenvalue weighted by atomic mass is 10.2. The molecule has 23 heavy (non-hydrogen) atoms. The number of carbonyl (C=O) groups is 1. The highest BCUT2D eigenvalue weighted by Crippen LogP contribution is 2.40. The standard InChI is InChI=1S/C15H10N4O3S/c1-22-9-4-2-8(3-5-9)6-10-14(21)19-12-11(23-15(19)18-10)13(20)17-7-16-12/h2-7H,1H3,(H,16,17,20)/b10-6+. The quantitative estimate of drug-likeness (QED) is 0.848. The SMILES string of the molecule is COc1ccc(/C=C2/N=C3Sc4c(nc[nH]c4=O)N3C2=O)cc1. The van der Waals surface area contributed by atoms with Crippen molar-refractivity contribution in [2.24, 2.45) is 4.99 Å². The molecule has 2 aliphatic rings. The van der Waals surface area contributed by atoms with Crippen molar-refractivity contribution in [2.45, 2.75) is 4.90 Å².